The van der Waals surface area contributed by atoms with Crippen molar-refractivity contribution in [2.24, 2.45) is 0 Å². The summed E-state index contributed by atoms with van der Waals surface area (Å²) in [7, 11) is 0. The van der Waals surface area contributed by atoms with Crippen molar-refractivity contribution in [2.75, 3.05) is 0 Å². The minimum atomic E-state index is -0.262. The van der Waals surface area contributed by atoms with Gasteiger partial charge in [0.05, 0.1) is 6.26 Å². The Morgan fingerprint density at radius 1 is 1.27 bits per heavy atom. The highest BCUT2D eigenvalue weighted by molar-refractivity contribution is 5.87. The second-order valence-electron chi connectivity index (χ2n) is 3.60. The Labute approximate surface area is 93.0 Å². The molecule has 0 saturated heterocycles. The van der Waals surface area contributed by atoms with Gasteiger partial charge < -0.3 is 4.74 Å². The van der Waals surface area contributed by atoms with E-state index in [9.17, 15) is 4.79 Å². The lowest BCUT2D eigenvalue weighted by atomic mass is 10.1. The lowest BCUT2D eigenvalue weighted by Crippen LogP contribution is -2.00. The zero-order chi connectivity index (χ0) is 11.5. The van der Waals surface area contributed by atoms with Crippen LogP contribution in [0, 0.1) is 0 Å². The third-order valence-corrected chi connectivity index (χ3v) is 2.25. The van der Waals surface area contributed by atoms with E-state index in [-0.39, 0.29) is 5.97 Å². The topological polar surface area (TPSA) is 26.3 Å². The normalized spacial score (nSPS) is 12.1. The van der Waals surface area contributed by atoms with E-state index in [2.05, 4.69) is 6.92 Å². The molecule has 0 fully saturated rings. The monoisotopic (exact) mass is 210 g/mol. The summed E-state index contributed by atoms with van der Waals surface area (Å²) in [6.07, 6.45) is 11.1. The number of esters is 1. The molecule has 2 heteroatoms. The maximum Gasteiger partial charge on any atom is 0.338 e. The van der Waals surface area contributed by atoms with Crippen LogP contribution in [0.15, 0.2) is 24.0 Å². The van der Waals surface area contributed by atoms with E-state index in [0.717, 1.165) is 6.42 Å². The largest absolute Gasteiger partial charge is 0.431 e. The molecule has 0 N–H and O–H groups in total. The van der Waals surface area contributed by atoms with Crippen LogP contribution in [-0.2, 0) is 9.53 Å². The predicted octanol–water partition coefficient (Wildman–Crippen LogP) is 3.98. The highest BCUT2D eigenvalue weighted by Gasteiger charge is 2.00. The zero-order valence-electron chi connectivity index (χ0n) is 10.1. The first-order valence-corrected chi connectivity index (χ1v) is 5.71. The van der Waals surface area contributed by atoms with Gasteiger partial charge in [-0.3, -0.25) is 0 Å². The van der Waals surface area contributed by atoms with Crippen LogP contribution in [0.5, 0.6) is 0 Å². The minimum Gasteiger partial charge on any atom is -0.431 e. The molecule has 0 aliphatic rings. The Balaban J connectivity index is 3.50. The Morgan fingerprint density at radius 2 is 2.00 bits per heavy atom. The summed E-state index contributed by atoms with van der Waals surface area (Å²) in [4.78, 5) is 11.2. The Morgan fingerprint density at radius 3 is 2.60 bits per heavy atom. The molecule has 0 spiro atoms. The van der Waals surface area contributed by atoms with Gasteiger partial charge in [0.2, 0.25) is 0 Å². The number of allylic oxidation sites excluding steroid dienone is 2. The standard InChI is InChI=1S/C13H22O2/c1-4-6-7-8-9-10-11-15-13(14)12(3)5-2/h5,10-11H,4,6-9H2,1-3H3. The average Bonchev–Trinajstić information content (AvgIpc) is 2.26. The molecular weight excluding hydrogens is 188 g/mol. The van der Waals surface area contributed by atoms with Crippen molar-refractivity contribution >= 4 is 5.97 Å². The number of hydrogen-bond acceptors (Lipinski definition) is 2. The second kappa shape index (κ2) is 9.50. The van der Waals surface area contributed by atoms with Crippen LogP contribution < -0.4 is 0 Å². The molecule has 0 aromatic rings. The molecule has 0 aromatic heterocycles. The van der Waals surface area contributed by atoms with Gasteiger partial charge in [-0.15, -0.1) is 0 Å². The van der Waals surface area contributed by atoms with Gasteiger partial charge in [-0.1, -0.05) is 32.3 Å². The highest BCUT2D eigenvalue weighted by Crippen LogP contribution is 2.03. The minimum absolute atomic E-state index is 0.262. The molecule has 0 aliphatic heterocycles. The van der Waals surface area contributed by atoms with Gasteiger partial charge in [0.25, 0.3) is 0 Å². The van der Waals surface area contributed by atoms with E-state index in [0.29, 0.717) is 5.57 Å². The highest BCUT2D eigenvalue weighted by atomic mass is 16.5. The van der Waals surface area contributed by atoms with Crippen LogP contribution in [0.3, 0.4) is 0 Å². The van der Waals surface area contributed by atoms with E-state index in [1.165, 1.54) is 31.9 Å². The van der Waals surface area contributed by atoms with Crippen LogP contribution in [-0.4, -0.2) is 5.97 Å². The summed E-state index contributed by atoms with van der Waals surface area (Å²) in [5.74, 6) is -0.262. The first-order valence-electron chi connectivity index (χ1n) is 5.71. The molecule has 86 valence electrons. The number of rotatable bonds is 7. The lowest BCUT2D eigenvalue weighted by molar-refractivity contribution is -0.133. The summed E-state index contributed by atoms with van der Waals surface area (Å²) in [6.45, 7) is 5.76. The van der Waals surface area contributed by atoms with E-state index in [1.807, 2.05) is 13.0 Å². The van der Waals surface area contributed by atoms with Gasteiger partial charge in [-0.25, -0.2) is 4.79 Å². The van der Waals surface area contributed by atoms with Gasteiger partial charge in [0, 0.05) is 5.57 Å². The Hall–Kier alpha value is -1.05. The van der Waals surface area contributed by atoms with Gasteiger partial charge >= 0.3 is 5.97 Å². The van der Waals surface area contributed by atoms with Crippen LogP contribution in [0.4, 0.5) is 0 Å². The van der Waals surface area contributed by atoms with Crippen LogP contribution in [0.25, 0.3) is 0 Å². The van der Waals surface area contributed by atoms with E-state index in [4.69, 9.17) is 4.74 Å². The van der Waals surface area contributed by atoms with Crippen molar-refractivity contribution in [2.45, 2.75) is 52.9 Å². The molecule has 0 rings (SSSR count). The fourth-order valence-electron chi connectivity index (χ4n) is 1.08. The number of unbranched alkanes of at least 4 members (excludes halogenated alkanes) is 4. The molecule has 15 heavy (non-hydrogen) atoms. The molecular formula is C13H22O2. The first kappa shape index (κ1) is 13.9. The summed E-state index contributed by atoms with van der Waals surface area (Å²) in [5, 5.41) is 0. The molecule has 0 bridgehead atoms. The summed E-state index contributed by atoms with van der Waals surface area (Å²) < 4.78 is 4.91. The average molecular weight is 210 g/mol. The molecule has 2 nitrogen and oxygen atoms in total. The molecule has 0 radical (unpaired) electrons. The smallest absolute Gasteiger partial charge is 0.338 e. The molecule has 0 aromatic carbocycles. The van der Waals surface area contributed by atoms with Crippen molar-refractivity contribution in [3.8, 4) is 0 Å². The van der Waals surface area contributed by atoms with Crippen LogP contribution in [0.2, 0.25) is 0 Å². The third kappa shape index (κ3) is 7.98. The fourth-order valence-corrected chi connectivity index (χ4v) is 1.08. The van der Waals surface area contributed by atoms with Crippen LogP contribution in [0.1, 0.15) is 52.9 Å². The van der Waals surface area contributed by atoms with Crippen molar-refractivity contribution < 1.29 is 9.53 Å². The number of carbonyl (C=O) groups excluding carboxylic acids is 1. The zero-order valence-corrected chi connectivity index (χ0v) is 10.1. The fraction of sp³-hybridized carbons (Fsp3) is 0.615. The predicted molar refractivity (Wildman–Crippen MR) is 63.4 cm³/mol. The van der Waals surface area contributed by atoms with E-state index >= 15 is 0 Å². The lowest BCUT2D eigenvalue weighted by Gasteiger charge is -1.97. The van der Waals surface area contributed by atoms with Gasteiger partial charge in [0.15, 0.2) is 0 Å². The molecule has 0 atom stereocenters. The third-order valence-electron chi connectivity index (χ3n) is 2.25. The quantitative estimate of drug-likeness (QED) is 0.275. The van der Waals surface area contributed by atoms with Crippen LogP contribution >= 0.6 is 0 Å². The summed E-state index contributed by atoms with van der Waals surface area (Å²) in [6, 6.07) is 0. The van der Waals surface area contributed by atoms with Crippen molar-refractivity contribution in [3.63, 3.8) is 0 Å². The summed E-state index contributed by atoms with van der Waals surface area (Å²) >= 11 is 0. The first-order chi connectivity index (χ1) is 7.22. The summed E-state index contributed by atoms with van der Waals surface area (Å²) in [5.41, 5.74) is 0.644. The maximum absolute atomic E-state index is 11.2. The SMILES string of the molecule is CC=C(C)C(=O)OC=CCCCCCC. The molecule has 0 heterocycles. The van der Waals surface area contributed by atoms with E-state index < -0.39 is 0 Å². The Kier molecular flexibility index (Phi) is 8.84. The number of hydrogen-bond donors (Lipinski definition) is 0. The molecule has 0 aliphatic carbocycles. The van der Waals surface area contributed by atoms with Crippen molar-refractivity contribution in [1.82, 2.24) is 0 Å². The Bertz CT molecular complexity index is 227. The molecule has 0 amide bonds. The van der Waals surface area contributed by atoms with Crippen molar-refractivity contribution in [3.05, 3.63) is 24.0 Å². The number of ether oxygens (including phenoxy) is 1. The van der Waals surface area contributed by atoms with Gasteiger partial charge in [-0.05, 0) is 32.8 Å². The number of carbonyl (C=O) groups is 1. The molecule has 0 unspecified atom stereocenters. The van der Waals surface area contributed by atoms with Gasteiger partial charge in [0.1, 0.15) is 0 Å². The van der Waals surface area contributed by atoms with Gasteiger partial charge in [-0.2, -0.15) is 0 Å². The van der Waals surface area contributed by atoms with E-state index in [1.54, 1.807) is 13.0 Å². The maximum atomic E-state index is 11.2. The molecule has 0 saturated carbocycles. The second-order valence-corrected chi connectivity index (χ2v) is 3.60. The van der Waals surface area contributed by atoms with Crippen molar-refractivity contribution in [1.29, 1.82) is 0 Å².